The molecule has 0 rings (SSSR count). The van der Waals surface area contributed by atoms with Crippen LogP contribution in [0.25, 0.3) is 0 Å². The fourth-order valence-electron chi connectivity index (χ4n) is 0.913. The van der Waals surface area contributed by atoms with Crippen LogP contribution in [0.5, 0.6) is 0 Å². The number of rotatable bonds is 4. The zero-order valence-electron chi connectivity index (χ0n) is 6.70. The van der Waals surface area contributed by atoms with Gasteiger partial charge in [0.25, 0.3) is 0 Å². The molecule has 0 aliphatic heterocycles. The van der Waals surface area contributed by atoms with Crippen molar-refractivity contribution >= 4 is 0 Å². The van der Waals surface area contributed by atoms with Crippen molar-refractivity contribution in [1.29, 1.82) is 0 Å². The Bertz CT molecular complexity index is 86.6. The van der Waals surface area contributed by atoms with E-state index < -0.39 is 0 Å². The SMILES string of the molecule is C=C(C)C(CC)NCC. The van der Waals surface area contributed by atoms with Gasteiger partial charge in [-0.15, -0.1) is 0 Å². The quantitative estimate of drug-likeness (QED) is 0.569. The van der Waals surface area contributed by atoms with Crippen molar-refractivity contribution in [2.75, 3.05) is 6.54 Å². The van der Waals surface area contributed by atoms with Gasteiger partial charge in [-0.1, -0.05) is 26.0 Å². The van der Waals surface area contributed by atoms with Crippen molar-refractivity contribution < 1.29 is 0 Å². The van der Waals surface area contributed by atoms with Crippen molar-refractivity contribution in [1.82, 2.24) is 5.32 Å². The first kappa shape index (κ1) is 8.70. The summed E-state index contributed by atoms with van der Waals surface area (Å²) in [7, 11) is 0. The topological polar surface area (TPSA) is 12.0 Å². The highest BCUT2D eigenvalue weighted by molar-refractivity contribution is 5.00. The molecule has 1 nitrogen and oxygen atoms in total. The van der Waals surface area contributed by atoms with Gasteiger partial charge < -0.3 is 5.32 Å². The summed E-state index contributed by atoms with van der Waals surface area (Å²) in [5, 5.41) is 3.33. The van der Waals surface area contributed by atoms with Gasteiger partial charge in [-0.3, -0.25) is 0 Å². The molecular formula is C8H17N. The average molecular weight is 127 g/mol. The molecule has 1 heteroatoms. The second-order valence-electron chi connectivity index (χ2n) is 2.36. The van der Waals surface area contributed by atoms with E-state index in [1.54, 1.807) is 0 Å². The van der Waals surface area contributed by atoms with Crippen molar-refractivity contribution in [3.05, 3.63) is 12.2 Å². The molecule has 0 aromatic carbocycles. The van der Waals surface area contributed by atoms with Gasteiger partial charge in [0.1, 0.15) is 0 Å². The van der Waals surface area contributed by atoms with E-state index in [2.05, 4.69) is 32.7 Å². The van der Waals surface area contributed by atoms with Crippen LogP contribution >= 0.6 is 0 Å². The molecular weight excluding hydrogens is 110 g/mol. The minimum Gasteiger partial charge on any atom is -0.311 e. The Hall–Kier alpha value is -0.300. The molecule has 1 unspecified atom stereocenters. The number of nitrogens with one attached hydrogen (secondary N) is 1. The highest BCUT2D eigenvalue weighted by Crippen LogP contribution is 2.00. The van der Waals surface area contributed by atoms with Crippen molar-refractivity contribution in [3.8, 4) is 0 Å². The first-order valence-electron chi connectivity index (χ1n) is 3.61. The summed E-state index contributed by atoms with van der Waals surface area (Å²) in [5.41, 5.74) is 1.24. The molecule has 0 amide bonds. The lowest BCUT2D eigenvalue weighted by molar-refractivity contribution is 0.575. The van der Waals surface area contributed by atoms with Gasteiger partial charge in [0.2, 0.25) is 0 Å². The Kier molecular flexibility index (Phi) is 4.41. The molecule has 1 atom stereocenters. The molecule has 54 valence electrons. The molecule has 9 heavy (non-hydrogen) atoms. The Morgan fingerprint density at radius 1 is 1.56 bits per heavy atom. The maximum absolute atomic E-state index is 3.88. The van der Waals surface area contributed by atoms with Gasteiger partial charge in [0.05, 0.1) is 0 Å². The Morgan fingerprint density at radius 3 is 2.22 bits per heavy atom. The van der Waals surface area contributed by atoms with Crippen LogP contribution in [0.4, 0.5) is 0 Å². The minimum absolute atomic E-state index is 0.523. The summed E-state index contributed by atoms with van der Waals surface area (Å²) >= 11 is 0. The van der Waals surface area contributed by atoms with E-state index in [1.165, 1.54) is 5.57 Å². The highest BCUT2D eigenvalue weighted by Gasteiger charge is 2.01. The summed E-state index contributed by atoms with van der Waals surface area (Å²) in [5.74, 6) is 0. The largest absolute Gasteiger partial charge is 0.311 e. The summed E-state index contributed by atoms with van der Waals surface area (Å²) in [6.07, 6.45) is 1.14. The molecule has 0 saturated heterocycles. The molecule has 0 saturated carbocycles. The zero-order valence-corrected chi connectivity index (χ0v) is 6.70. The fourth-order valence-corrected chi connectivity index (χ4v) is 0.913. The monoisotopic (exact) mass is 127 g/mol. The van der Waals surface area contributed by atoms with Crippen LogP contribution in [0.3, 0.4) is 0 Å². The van der Waals surface area contributed by atoms with Gasteiger partial charge in [-0.2, -0.15) is 0 Å². The predicted octanol–water partition coefficient (Wildman–Crippen LogP) is 1.95. The lowest BCUT2D eigenvalue weighted by atomic mass is 10.1. The van der Waals surface area contributed by atoms with Crippen molar-refractivity contribution in [3.63, 3.8) is 0 Å². The lowest BCUT2D eigenvalue weighted by Crippen LogP contribution is -2.28. The third kappa shape index (κ3) is 3.31. The number of hydrogen-bond donors (Lipinski definition) is 1. The smallest absolute Gasteiger partial charge is 0.0271 e. The molecule has 0 fully saturated rings. The van der Waals surface area contributed by atoms with Crippen LogP contribution in [-0.2, 0) is 0 Å². The second kappa shape index (κ2) is 4.57. The molecule has 1 N–H and O–H groups in total. The third-order valence-corrected chi connectivity index (χ3v) is 1.45. The predicted molar refractivity (Wildman–Crippen MR) is 42.6 cm³/mol. The van der Waals surface area contributed by atoms with Crippen LogP contribution in [0.1, 0.15) is 27.2 Å². The molecule has 0 aromatic rings. The Balaban J connectivity index is 3.54. The van der Waals surface area contributed by atoms with Crippen molar-refractivity contribution in [2.24, 2.45) is 0 Å². The van der Waals surface area contributed by atoms with Gasteiger partial charge >= 0.3 is 0 Å². The molecule has 0 bridgehead atoms. The van der Waals surface area contributed by atoms with Crippen LogP contribution in [0.2, 0.25) is 0 Å². The van der Waals surface area contributed by atoms with Crippen LogP contribution in [0.15, 0.2) is 12.2 Å². The average Bonchev–Trinajstić information content (AvgIpc) is 1.82. The van der Waals surface area contributed by atoms with E-state index in [-0.39, 0.29) is 0 Å². The fraction of sp³-hybridized carbons (Fsp3) is 0.750. The summed E-state index contributed by atoms with van der Waals surface area (Å²) in [4.78, 5) is 0. The standard InChI is InChI=1S/C8H17N/c1-5-8(7(3)4)9-6-2/h8-9H,3,5-6H2,1-2,4H3. The van der Waals surface area contributed by atoms with Crippen molar-refractivity contribution in [2.45, 2.75) is 33.2 Å². The lowest BCUT2D eigenvalue weighted by Gasteiger charge is -2.14. The Morgan fingerprint density at radius 2 is 2.11 bits per heavy atom. The summed E-state index contributed by atoms with van der Waals surface area (Å²) in [6.45, 7) is 11.3. The van der Waals surface area contributed by atoms with Crippen LogP contribution in [0, 0.1) is 0 Å². The molecule has 0 aromatic heterocycles. The summed E-state index contributed by atoms with van der Waals surface area (Å²) in [6, 6.07) is 0.523. The zero-order chi connectivity index (χ0) is 7.28. The van der Waals surface area contributed by atoms with E-state index in [0.29, 0.717) is 6.04 Å². The van der Waals surface area contributed by atoms with Gasteiger partial charge in [-0.25, -0.2) is 0 Å². The molecule has 0 spiro atoms. The van der Waals surface area contributed by atoms with E-state index in [0.717, 1.165) is 13.0 Å². The normalized spacial score (nSPS) is 13.2. The van der Waals surface area contributed by atoms with E-state index in [9.17, 15) is 0 Å². The van der Waals surface area contributed by atoms with E-state index in [1.807, 2.05) is 0 Å². The number of likely N-dealkylation sites (N-methyl/N-ethyl adjacent to an activating group) is 1. The van der Waals surface area contributed by atoms with Gasteiger partial charge in [0, 0.05) is 6.04 Å². The first-order valence-corrected chi connectivity index (χ1v) is 3.61. The maximum atomic E-state index is 3.88. The van der Waals surface area contributed by atoms with Crippen LogP contribution < -0.4 is 5.32 Å². The van der Waals surface area contributed by atoms with Gasteiger partial charge in [-0.05, 0) is 19.9 Å². The van der Waals surface area contributed by atoms with Crippen LogP contribution in [-0.4, -0.2) is 12.6 Å². The first-order chi connectivity index (χ1) is 4.22. The highest BCUT2D eigenvalue weighted by atomic mass is 14.9. The van der Waals surface area contributed by atoms with E-state index in [4.69, 9.17) is 0 Å². The number of hydrogen-bond acceptors (Lipinski definition) is 1. The third-order valence-electron chi connectivity index (χ3n) is 1.45. The second-order valence-corrected chi connectivity index (χ2v) is 2.36. The molecule has 0 aliphatic carbocycles. The minimum atomic E-state index is 0.523. The molecule has 0 radical (unpaired) electrons. The molecule has 0 heterocycles. The maximum Gasteiger partial charge on any atom is 0.0271 e. The van der Waals surface area contributed by atoms with E-state index >= 15 is 0 Å². The molecule has 0 aliphatic rings. The Labute approximate surface area is 58.2 Å². The summed E-state index contributed by atoms with van der Waals surface area (Å²) < 4.78 is 0. The van der Waals surface area contributed by atoms with Gasteiger partial charge in [0.15, 0.2) is 0 Å².